The first-order chi connectivity index (χ1) is 11.0. The molecule has 2 heterocycles. The van der Waals surface area contributed by atoms with Gasteiger partial charge in [-0.25, -0.2) is 4.79 Å². The number of likely N-dealkylation sites (N-methyl/N-ethyl adjacent to an activating group) is 1. The highest BCUT2D eigenvalue weighted by atomic mass is 16.5. The first-order valence-electron chi connectivity index (χ1n) is 6.81. The van der Waals surface area contributed by atoms with Crippen molar-refractivity contribution in [2.75, 3.05) is 25.0 Å². The van der Waals surface area contributed by atoms with Gasteiger partial charge in [-0.05, 0) is 6.07 Å². The molecule has 23 heavy (non-hydrogen) atoms. The molecule has 1 aromatic heterocycles. The van der Waals surface area contributed by atoms with Crippen LogP contribution in [0.25, 0.3) is 11.3 Å². The van der Waals surface area contributed by atoms with Gasteiger partial charge in [0, 0.05) is 24.4 Å². The number of carbonyl (C=O) groups is 3. The number of anilines is 1. The summed E-state index contributed by atoms with van der Waals surface area (Å²) in [6.07, 6.45) is 0. The molecule has 0 saturated carbocycles. The van der Waals surface area contributed by atoms with E-state index in [1.165, 1.54) is 13.1 Å². The first-order valence-corrected chi connectivity index (χ1v) is 6.81. The fraction of sp³-hybridized carbons (Fsp3) is 0.200. The molecule has 1 saturated heterocycles. The van der Waals surface area contributed by atoms with Crippen molar-refractivity contribution < 1.29 is 24.0 Å². The molecule has 2 aromatic rings. The zero-order valence-corrected chi connectivity index (χ0v) is 12.2. The smallest absolute Gasteiger partial charge is 0.374 e. The van der Waals surface area contributed by atoms with Crippen LogP contribution < -0.4 is 4.90 Å². The average molecular weight is 315 g/mol. The van der Waals surface area contributed by atoms with E-state index in [4.69, 9.17) is 9.63 Å². The van der Waals surface area contributed by atoms with Gasteiger partial charge in [-0.1, -0.05) is 23.4 Å². The van der Waals surface area contributed by atoms with Gasteiger partial charge in [-0.2, -0.15) is 0 Å². The molecule has 118 valence electrons. The molecule has 0 unspecified atom stereocenters. The molecule has 1 fully saturated rings. The van der Waals surface area contributed by atoms with Crippen LogP contribution in [0.4, 0.5) is 5.69 Å². The van der Waals surface area contributed by atoms with Gasteiger partial charge in [0.05, 0.1) is 13.1 Å². The Morgan fingerprint density at radius 2 is 1.87 bits per heavy atom. The molecule has 0 atom stereocenters. The maximum atomic E-state index is 11.9. The number of carboxylic acids is 1. The summed E-state index contributed by atoms with van der Waals surface area (Å²) in [5, 5.41) is 12.7. The average Bonchev–Trinajstić information content (AvgIpc) is 3.02. The molecule has 8 nitrogen and oxygen atoms in total. The van der Waals surface area contributed by atoms with Gasteiger partial charge in [0.1, 0.15) is 5.69 Å². The third-order valence-electron chi connectivity index (χ3n) is 3.64. The van der Waals surface area contributed by atoms with E-state index in [1.807, 2.05) is 0 Å². The van der Waals surface area contributed by atoms with E-state index in [0.29, 0.717) is 16.9 Å². The monoisotopic (exact) mass is 315 g/mol. The van der Waals surface area contributed by atoms with Gasteiger partial charge in [-0.3, -0.25) is 14.5 Å². The minimum Gasteiger partial charge on any atom is -0.475 e. The van der Waals surface area contributed by atoms with Gasteiger partial charge >= 0.3 is 5.97 Å². The van der Waals surface area contributed by atoms with Crippen LogP contribution in [0, 0.1) is 0 Å². The van der Waals surface area contributed by atoms with Crippen LogP contribution in [0.5, 0.6) is 0 Å². The molecule has 1 N–H and O–H groups in total. The molecule has 1 aliphatic rings. The van der Waals surface area contributed by atoms with Crippen molar-refractivity contribution in [1.82, 2.24) is 10.1 Å². The molecular weight excluding hydrogens is 302 g/mol. The Morgan fingerprint density at radius 1 is 1.22 bits per heavy atom. The Bertz CT molecular complexity index is 780. The lowest BCUT2D eigenvalue weighted by Gasteiger charge is -2.32. The van der Waals surface area contributed by atoms with E-state index >= 15 is 0 Å². The summed E-state index contributed by atoms with van der Waals surface area (Å²) in [6.45, 7) is 0.117. The maximum Gasteiger partial charge on any atom is 0.374 e. The van der Waals surface area contributed by atoms with Crippen LogP contribution in [0.1, 0.15) is 10.6 Å². The van der Waals surface area contributed by atoms with E-state index in [2.05, 4.69) is 5.16 Å². The van der Waals surface area contributed by atoms with Crippen LogP contribution >= 0.6 is 0 Å². The number of hydrogen-bond acceptors (Lipinski definition) is 6. The van der Waals surface area contributed by atoms with Crippen molar-refractivity contribution in [1.29, 1.82) is 0 Å². The summed E-state index contributed by atoms with van der Waals surface area (Å²) < 4.78 is 4.77. The highest BCUT2D eigenvalue weighted by Crippen LogP contribution is 2.31. The van der Waals surface area contributed by atoms with Crippen LogP contribution in [-0.2, 0) is 9.59 Å². The zero-order valence-electron chi connectivity index (χ0n) is 12.2. The van der Waals surface area contributed by atoms with E-state index in [-0.39, 0.29) is 30.7 Å². The van der Waals surface area contributed by atoms with Gasteiger partial charge in [0.2, 0.25) is 17.6 Å². The maximum absolute atomic E-state index is 11.9. The van der Waals surface area contributed by atoms with E-state index in [1.54, 1.807) is 29.2 Å². The third kappa shape index (κ3) is 2.66. The molecule has 0 aliphatic carbocycles. The number of aromatic nitrogens is 1. The van der Waals surface area contributed by atoms with Gasteiger partial charge in [0.15, 0.2) is 0 Å². The summed E-state index contributed by atoms with van der Waals surface area (Å²) in [5.41, 5.74) is 1.54. The van der Waals surface area contributed by atoms with Gasteiger partial charge in [-0.15, -0.1) is 0 Å². The number of hydrogen-bond donors (Lipinski definition) is 1. The van der Waals surface area contributed by atoms with Crippen molar-refractivity contribution in [2.45, 2.75) is 0 Å². The molecule has 0 radical (unpaired) electrons. The fourth-order valence-electron chi connectivity index (χ4n) is 2.37. The van der Waals surface area contributed by atoms with Crippen LogP contribution in [0.15, 0.2) is 34.9 Å². The Balaban J connectivity index is 1.99. The Hall–Kier alpha value is -3.16. The lowest BCUT2D eigenvalue weighted by atomic mass is 10.1. The van der Waals surface area contributed by atoms with Crippen LogP contribution in [0.2, 0.25) is 0 Å². The summed E-state index contributed by atoms with van der Waals surface area (Å²) in [7, 11) is 1.45. The molecular formula is C15H13N3O5. The number of aromatic carboxylic acids is 1. The molecule has 0 spiro atoms. The molecule has 0 bridgehead atoms. The predicted octanol–water partition coefficient (Wildman–Crippen LogP) is 0.845. The Kier molecular flexibility index (Phi) is 3.57. The standard InChI is InChI=1S/C15H13N3O5/c1-17-13(19)7-18(8-14(17)20)11-5-3-2-4-9(11)10-6-12(15(21)22)23-16-10/h2-6H,7-8H2,1H3,(H,21,22). The van der Waals surface area contributed by atoms with Crippen molar-refractivity contribution in [3.8, 4) is 11.3 Å². The SMILES string of the molecule is CN1C(=O)CN(c2ccccc2-c2cc(C(=O)O)on2)CC1=O. The van der Waals surface area contributed by atoms with Crippen molar-refractivity contribution >= 4 is 23.5 Å². The molecule has 2 amide bonds. The van der Waals surface area contributed by atoms with Crippen molar-refractivity contribution in [2.24, 2.45) is 0 Å². The number of amides is 2. The molecule has 3 rings (SSSR count). The molecule has 8 heteroatoms. The largest absolute Gasteiger partial charge is 0.475 e. The predicted molar refractivity (Wildman–Crippen MR) is 78.9 cm³/mol. The number of rotatable bonds is 3. The minimum atomic E-state index is -1.22. The van der Waals surface area contributed by atoms with Crippen LogP contribution in [0.3, 0.4) is 0 Å². The highest BCUT2D eigenvalue weighted by molar-refractivity contribution is 6.03. The highest BCUT2D eigenvalue weighted by Gasteiger charge is 2.29. The topological polar surface area (TPSA) is 104 Å². The van der Waals surface area contributed by atoms with Crippen molar-refractivity contribution in [3.05, 3.63) is 36.1 Å². The number of para-hydroxylation sites is 1. The second-order valence-electron chi connectivity index (χ2n) is 5.10. The Morgan fingerprint density at radius 3 is 2.48 bits per heavy atom. The van der Waals surface area contributed by atoms with Gasteiger partial charge in [0.25, 0.3) is 0 Å². The van der Waals surface area contributed by atoms with E-state index < -0.39 is 5.97 Å². The number of imide groups is 1. The molecule has 1 aromatic carbocycles. The molecule has 1 aliphatic heterocycles. The van der Waals surface area contributed by atoms with Crippen molar-refractivity contribution in [3.63, 3.8) is 0 Å². The van der Waals surface area contributed by atoms with E-state index in [0.717, 1.165) is 4.90 Å². The minimum absolute atomic E-state index is 0.0584. The quantitative estimate of drug-likeness (QED) is 0.837. The number of benzene rings is 1. The van der Waals surface area contributed by atoms with Crippen LogP contribution in [-0.4, -0.2) is 53.1 Å². The summed E-state index contributed by atoms with van der Waals surface area (Å²) >= 11 is 0. The summed E-state index contributed by atoms with van der Waals surface area (Å²) in [4.78, 5) is 37.4. The summed E-state index contributed by atoms with van der Waals surface area (Å²) in [5.74, 6) is -2.10. The number of piperazine rings is 1. The fourth-order valence-corrected chi connectivity index (χ4v) is 2.37. The zero-order chi connectivity index (χ0) is 16.6. The second-order valence-corrected chi connectivity index (χ2v) is 5.10. The Labute approximate surface area is 130 Å². The van der Waals surface area contributed by atoms with Gasteiger partial charge < -0.3 is 14.5 Å². The number of nitrogens with zero attached hydrogens (tertiary/aromatic N) is 3. The lowest BCUT2D eigenvalue weighted by molar-refractivity contribution is -0.143. The number of carboxylic acid groups (broad SMARTS) is 1. The van der Waals surface area contributed by atoms with E-state index in [9.17, 15) is 14.4 Å². The third-order valence-corrected chi connectivity index (χ3v) is 3.64. The number of carbonyl (C=O) groups excluding carboxylic acids is 2. The second kappa shape index (κ2) is 5.56. The first kappa shape index (κ1) is 14.8. The summed E-state index contributed by atoms with van der Waals surface area (Å²) in [6, 6.07) is 8.31. The normalized spacial score (nSPS) is 15.2. The lowest BCUT2D eigenvalue weighted by Crippen LogP contribution is -2.52.